The minimum Gasteiger partial charge on any atom is -0.483 e. The molecule has 0 N–H and O–H groups in total. The molecule has 1 atom stereocenters. The number of esters is 1. The predicted molar refractivity (Wildman–Crippen MR) is 103 cm³/mol. The third kappa shape index (κ3) is 5.25. The zero-order valence-corrected chi connectivity index (χ0v) is 16.6. The molecule has 0 spiro atoms. The van der Waals surface area contributed by atoms with Gasteiger partial charge in [0.15, 0.2) is 17.1 Å². The van der Waals surface area contributed by atoms with Gasteiger partial charge in [-0.15, -0.1) is 16.8 Å². The van der Waals surface area contributed by atoms with Crippen LogP contribution in [0.4, 0.5) is 0 Å². The Balaban J connectivity index is 2.15. The topological polar surface area (TPSA) is 66.2 Å². The average molecular weight is 396 g/mol. The summed E-state index contributed by atoms with van der Waals surface area (Å²) in [6.45, 7) is 10.2. The molecule has 140 valence electrons. The monoisotopic (exact) mass is 395 g/mol. The van der Waals surface area contributed by atoms with Crippen molar-refractivity contribution >= 4 is 29.3 Å². The number of carbonyl (C=O) groups excluding carboxylic acids is 1. The van der Waals surface area contributed by atoms with Gasteiger partial charge >= 0.3 is 5.97 Å². The van der Waals surface area contributed by atoms with Crippen molar-refractivity contribution in [2.45, 2.75) is 38.6 Å². The molecule has 1 heterocycles. The van der Waals surface area contributed by atoms with Crippen molar-refractivity contribution in [3.63, 3.8) is 0 Å². The quantitative estimate of drug-likeness (QED) is 0.360. The molecular weight excluding hydrogens is 374 g/mol. The number of hydrogen-bond acceptors (Lipinski definition) is 6. The molecule has 1 aromatic heterocycles. The Hall–Kier alpha value is -1.99. The number of rotatable bonds is 9. The molecule has 0 aliphatic rings. The maximum absolute atomic E-state index is 11.6. The van der Waals surface area contributed by atoms with Crippen LogP contribution in [0, 0.1) is 6.92 Å². The summed E-state index contributed by atoms with van der Waals surface area (Å²) in [5, 5.41) is 9.73. The highest BCUT2D eigenvalue weighted by atomic mass is 35.5. The first-order valence-electron chi connectivity index (χ1n) is 8.21. The van der Waals surface area contributed by atoms with Crippen LogP contribution in [-0.4, -0.2) is 33.1 Å². The highest BCUT2D eigenvalue weighted by Crippen LogP contribution is 2.27. The Kier molecular flexibility index (Phi) is 7.53. The average Bonchev–Trinajstić information content (AvgIpc) is 3.00. The summed E-state index contributed by atoms with van der Waals surface area (Å²) in [4.78, 5) is 11.6. The molecular formula is C18H22ClN3O3S. The first-order chi connectivity index (χ1) is 12.5. The zero-order valence-electron chi connectivity index (χ0n) is 15.1. The number of aromatic nitrogens is 3. The molecule has 0 saturated carbocycles. The van der Waals surface area contributed by atoms with E-state index in [0.29, 0.717) is 34.9 Å². The predicted octanol–water partition coefficient (Wildman–Crippen LogP) is 4.22. The van der Waals surface area contributed by atoms with E-state index in [0.717, 1.165) is 5.56 Å². The molecule has 1 unspecified atom stereocenters. The number of benzene rings is 1. The van der Waals surface area contributed by atoms with Crippen molar-refractivity contribution < 1.29 is 14.3 Å². The Morgan fingerprint density at radius 1 is 1.46 bits per heavy atom. The van der Waals surface area contributed by atoms with Crippen LogP contribution in [0.2, 0.25) is 5.02 Å². The molecule has 0 saturated heterocycles. The van der Waals surface area contributed by atoms with Crippen LogP contribution in [-0.2, 0) is 16.1 Å². The highest BCUT2D eigenvalue weighted by Gasteiger charge is 2.20. The molecule has 0 amide bonds. The summed E-state index contributed by atoms with van der Waals surface area (Å²) in [7, 11) is 0. The Morgan fingerprint density at radius 2 is 2.23 bits per heavy atom. The Bertz CT molecular complexity index is 779. The van der Waals surface area contributed by atoms with Crippen LogP contribution >= 0.6 is 23.4 Å². The summed E-state index contributed by atoms with van der Waals surface area (Å²) < 4.78 is 12.8. The lowest BCUT2D eigenvalue weighted by molar-refractivity contribution is -0.139. The second kappa shape index (κ2) is 9.64. The van der Waals surface area contributed by atoms with Gasteiger partial charge in [0.25, 0.3) is 0 Å². The van der Waals surface area contributed by atoms with Crippen LogP contribution in [0.15, 0.2) is 36.0 Å². The number of hydrogen-bond donors (Lipinski definition) is 0. The first-order valence-corrected chi connectivity index (χ1v) is 9.57. The van der Waals surface area contributed by atoms with E-state index in [9.17, 15) is 4.79 Å². The van der Waals surface area contributed by atoms with Gasteiger partial charge < -0.3 is 9.47 Å². The number of halogens is 1. The van der Waals surface area contributed by atoms with E-state index in [-0.39, 0.29) is 17.8 Å². The zero-order chi connectivity index (χ0) is 19.1. The fourth-order valence-electron chi connectivity index (χ4n) is 2.28. The first kappa shape index (κ1) is 20.3. The highest BCUT2D eigenvalue weighted by molar-refractivity contribution is 7.99. The van der Waals surface area contributed by atoms with E-state index in [1.54, 1.807) is 19.1 Å². The summed E-state index contributed by atoms with van der Waals surface area (Å²) in [5.41, 5.74) is 0.939. The van der Waals surface area contributed by atoms with Gasteiger partial charge in [-0.3, -0.25) is 9.36 Å². The smallest absolute Gasteiger partial charge is 0.316 e. The molecule has 2 aromatic rings. The number of allylic oxidation sites excluding steroid dienone is 1. The van der Waals surface area contributed by atoms with Gasteiger partial charge in [0.05, 0.1) is 12.4 Å². The van der Waals surface area contributed by atoms with Gasteiger partial charge in [-0.1, -0.05) is 29.4 Å². The molecule has 0 radical (unpaired) electrons. The largest absolute Gasteiger partial charge is 0.483 e. The van der Waals surface area contributed by atoms with Crippen LogP contribution in [0.5, 0.6) is 5.75 Å². The van der Waals surface area contributed by atoms with Crippen molar-refractivity contribution in [2.24, 2.45) is 0 Å². The van der Waals surface area contributed by atoms with Gasteiger partial charge in [0, 0.05) is 11.6 Å². The SMILES string of the molecule is C=CCn1c(SCC(=O)OCC)nnc1C(C)Oc1ccc(Cl)c(C)c1. The molecule has 0 fully saturated rings. The molecule has 26 heavy (non-hydrogen) atoms. The van der Waals surface area contributed by atoms with Crippen molar-refractivity contribution in [1.82, 2.24) is 14.8 Å². The number of nitrogens with zero attached hydrogens (tertiary/aromatic N) is 3. The maximum Gasteiger partial charge on any atom is 0.316 e. The van der Waals surface area contributed by atoms with E-state index in [4.69, 9.17) is 21.1 Å². The minimum atomic E-state index is -0.333. The molecule has 2 rings (SSSR count). The van der Waals surface area contributed by atoms with Crippen molar-refractivity contribution in [3.05, 3.63) is 47.3 Å². The van der Waals surface area contributed by atoms with E-state index in [1.807, 2.05) is 30.5 Å². The van der Waals surface area contributed by atoms with E-state index in [1.165, 1.54) is 11.8 Å². The normalized spacial score (nSPS) is 11.8. The number of thioether (sulfide) groups is 1. The van der Waals surface area contributed by atoms with Gasteiger partial charge in [-0.2, -0.15) is 0 Å². The van der Waals surface area contributed by atoms with Crippen LogP contribution < -0.4 is 4.74 Å². The summed E-state index contributed by atoms with van der Waals surface area (Å²) >= 11 is 7.33. The molecule has 1 aromatic carbocycles. The van der Waals surface area contributed by atoms with Gasteiger partial charge in [-0.25, -0.2) is 0 Å². The van der Waals surface area contributed by atoms with Crippen LogP contribution in [0.1, 0.15) is 31.3 Å². The number of ether oxygens (including phenoxy) is 2. The van der Waals surface area contributed by atoms with E-state index in [2.05, 4.69) is 16.8 Å². The van der Waals surface area contributed by atoms with Crippen LogP contribution in [0.25, 0.3) is 0 Å². The van der Waals surface area contributed by atoms with Crippen molar-refractivity contribution in [2.75, 3.05) is 12.4 Å². The third-order valence-corrected chi connectivity index (χ3v) is 4.85. The van der Waals surface area contributed by atoms with E-state index < -0.39 is 0 Å². The Labute approximate surface area is 162 Å². The van der Waals surface area contributed by atoms with Gasteiger partial charge in [0.1, 0.15) is 5.75 Å². The lowest BCUT2D eigenvalue weighted by atomic mass is 10.2. The number of aryl methyl sites for hydroxylation is 1. The van der Waals surface area contributed by atoms with E-state index >= 15 is 0 Å². The van der Waals surface area contributed by atoms with Crippen molar-refractivity contribution in [3.8, 4) is 5.75 Å². The summed E-state index contributed by atoms with van der Waals surface area (Å²) in [6, 6.07) is 5.49. The third-order valence-electron chi connectivity index (χ3n) is 3.49. The van der Waals surface area contributed by atoms with Crippen LogP contribution in [0.3, 0.4) is 0 Å². The fraction of sp³-hybridized carbons (Fsp3) is 0.389. The minimum absolute atomic E-state index is 0.175. The van der Waals surface area contributed by atoms with Gasteiger partial charge in [-0.05, 0) is 44.5 Å². The standard InChI is InChI=1S/C18H22ClN3O3S/c1-5-9-22-17(20-21-18(22)26-11-16(23)24-6-2)13(4)25-14-7-8-15(19)12(3)10-14/h5,7-8,10,13H,1,6,9,11H2,2-4H3. The second-order valence-corrected chi connectivity index (χ2v) is 6.85. The molecule has 8 heteroatoms. The lowest BCUT2D eigenvalue weighted by Gasteiger charge is -2.16. The summed E-state index contributed by atoms with van der Waals surface area (Å²) in [6.07, 6.45) is 1.42. The second-order valence-electron chi connectivity index (χ2n) is 5.50. The lowest BCUT2D eigenvalue weighted by Crippen LogP contribution is -2.13. The Morgan fingerprint density at radius 3 is 2.88 bits per heavy atom. The molecule has 6 nitrogen and oxygen atoms in total. The fourth-order valence-corrected chi connectivity index (χ4v) is 3.15. The molecule has 0 aliphatic heterocycles. The molecule has 0 aliphatic carbocycles. The maximum atomic E-state index is 11.6. The number of carbonyl (C=O) groups is 1. The van der Waals surface area contributed by atoms with Crippen molar-refractivity contribution in [1.29, 1.82) is 0 Å². The summed E-state index contributed by atoms with van der Waals surface area (Å²) in [5.74, 6) is 1.25. The van der Waals surface area contributed by atoms with Gasteiger partial charge in [0.2, 0.25) is 0 Å². The molecule has 0 bridgehead atoms.